The highest BCUT2D eigenvalue weighted by atomic mass is 79.9. The third-order valence-electron chi connectivity index (χ3n) is 6.17. The van der Waals surface area contributed by atoms with Crippen molar-refractivity contribution in [3.05, 3.63) is 81.6 Å². The van der Waals surface area contributed by atoms with Gasteiger partial charge in [0.05, 0.1) is 41.3 Å². The topological polar surface area (TPSA) is 127 Å². The number of nitrogens with zero attached hydrogens (tertiary/aromatic N) is 4. The molecule has 9 nitrogen and oxygen atoms in total. The van der Waals surface area contributed by atoms with Gasteiger partial charge >= 0.3 is 18.2 Å². The van der Waals surface area contributed by atoms with Gasteiger partial charge in [-0.05, 0) is 67.9 Å². The molecule has 0 unspecified atom stereocenters. The number of carbonyl (C=O) groups excluding carboxylic acids is 2. The molecule has 0 bridgehead atoms. The van der Waals surface area contributed by atoms with Gasteiger partial charge in [-0.15, -0.1) is 0 Å². The van der Waals surface area contributed by atoms with Gasteiger partial charge in [-0.3, -0.25) is 4.79 Å². The third-order valence-corrected chi connectivity index (χ3v) is 6.66. The summed E-state index contributed by atoms with van der Waals surface area (Å²) >= 11 is 3.38. The lowest BCUT2D eigenvalue weighted by Gasteiger charge is -2.28. The molecule has 3 aromatic rings. The number of hydrogen-bond donors (Lipinski definition) is 2. The van der Waals surface area contributed by atoms with Gasteiger partial charge in [0, 0.05) is 10.2 Å². The molecule has 0 radical (unpaired) electrons. The first-order chi connectivity index (χ1) is 18.2. The summed E-state index contributed by atoms with van der Waals surface area (Å²) in [5, 5.41) is 21.2. The first kappa shape index (κ1) is 27.6. The molecule has 1 saturated heterocycles. The van der Waals surface area contributed by atoms with Crippen LogP contribution in [0.1, 0.15) is 41.0 Å². The van der Waals surface area contributed by atoms with E-state index in [-0.39, 0.29) is 17.9 Å². The largest absolute Gasteiger partial charge is 0.477 e. The Morgan fingerprint density at radius 3 is 2.46 bits per heavy atom. The zero-order chi connectivity index (χ0) is 28.7. The Hall–Kier alpha value is -4.44. The van der Waals surface area contributed by atoms with Crippen LogP contribution in [0.15, 0.2) is 59.2 Å². The van der Waals surface area contributed by atoms with Crippen LogP contribution < -0.4 is 10.2 Å². The first-order valence-corrected chi connectivity index (χ1v) is 12.1. The predicted octanol–water partition coefficient (Wildman–Crippen LogP) is 5.92. The molecule has 200 valence electrons. The number of alkyl halides is 3. The van der Waals surface area contributed by atoms with Crippen molar-refractivity contribution in [1.82, 2.24) is 9.88 Å². The van der Waals surface area contributed by atoms with E-state index in [0.717, 1.165) is 12.1 Å². The fraction of sp³-hybridized carbons (Fsp3) is 0.192. The maximum Gasteiger partial charge on any atom is 0.417 e. The second kappa shape index (κ2) is 10.0. The lowest BCUT2D eigenvalue weighted by molar-refractivity contribution is -0.137. The second-order valence-electron chi connectivity index (χ2n) is 9.07. The van der Waals surface area contributed by atoms with Crippen LogP contribution >= 0.6 is 15.9 Å². The summed E-state index contributed by atoms with van der Waals surface area (Å²) in [6, 6.07) is 11.3. The molecule has 2 aromatic carbocycles. The normalized spacial score (nSPS) is 14.9. The number of aromatic nitrogens is 1. The van der Waals surface area contributed by atoms with Crippen molar-refractivity contribution in [1.29, 1.82) is 5.26 Å². The Bertz CT molecular complexity index is 1530. The van der Waals surface area contributed by atoms with Crippen LogP contribution in [0.4, 0.5) is 35.0 Å². The maximum absolute atomic E-state index is 13.5. The van der Waals surface area contributed by atoms with Gasteiger partial charge in [-0.25, -0.2) is 19.5 Å². The van der Waals surface area contributed by atoms with Crippen molar-refractivity contribution >= 4 is 50.9 Å². The van der Waals surface area contributed by atoms with E-state index in [2.05, 4.69) is 26.2 Å². The highest BCUT2D eigenvalue weighted by molar-refractivity contribution is 9.10. The number of pyridine rings is 1. The van der Waals surface area contributed by atoms with Gasteiger partial charge in [-0.2, -0.15) is 18.4 Å². The molecular formula is C26H19BrF3N5O4. The number of rotatable bonds is 6. The number of benzene rings is 2. The van der Waals surface area contributed by atoms with Crippen molar-refractivity contribution in [3.8, 4) is 6.07 Å². The Kier molecular flexibility index (Phi) is 7.10. The number of halogens is 4. The van der Waals surface area contributed by atoms with Crippen LogP contribution in [0.2, 0.25) is 0 Å². The lowest BCUT2D eigenvalue weighted by atomic mass is 10.0. The number of carboxylic acid groups (broad SMARTS) is 1. The van der Waals surface area contributed by atoms with E-state index in [1.165, 1.54) is 43.1 Å². The van der Waals surface area contributed by atoms with Crippen molar-refractivity contribution in [2.75, 3.05) is 10.2 Å². The van der Waals surface area contributed by atoms with Gasteiger partial charge in [-0.1, -0.05) is 15.9 Å². The van der Waals surface area contributed by atoms with Gasteiger partial charge < -0.3 is 15.3 Å². The van der Waals surface area contributed by atoms with E-state index < -0.39 is 40.7 Å². The van der Waals surface area contributed by atoms with E-state index in [1.807, 2.05) is 0 Å². The molecule has 3 amide bonds. The fourth-order valence-electron chi connectivity index (χ4n) is 4.07. The zero-order valence-corrected chi connectivity index (χ0v) is 22.0. The minimum absolute atomic E-state index is 0.0983. The molecule has 0 aliphatic carbocycles. The monoisotopic (exact) mass is 601 g/mol. The van der Waals surface area contributed by atoms with E-state index in [1.54, 1.807) is 18.2 Å². The van der Waals surface area contributed by atoms with Crippen molar-refractivity contribution in [2.24, 2.45) is 0 Å². The van der Waals surface area contributed by atoms with E-state index in [4.69, 9.17) is 10.4 Å². The van der Waals surface area contributed by atoms with Crippen molar-refractivity contribution < 1.29 is 32.7 Å². The molecule has 0 atom stereocenters. The summed E-state index contributed by atoms with van der Waals surface area (Å²) in [7, 11) is 0. The number of aromatic carboxylic acids is 1. The quantitative estimate of drug-likeness (QED) is 0.335. The molecule has 2 N–H and O–H groups in total. The predicted molar refractivity (Wildman–Crippen MR) is 137 cm³/mol. The van der Waals surface area contributed by atoms with E-state index >= 15 is 0 Å². The molecule has 0 spiro atoms. The molecule has 2 heterocycles. The fourth-order valence-corrected chi connectivity index (χ4v) is 4.48. The van der Waals surface area contributed by atoms with Crippen LogP contribution in [0.5, 0.6) is 0 Å². The third kappa shape index (κ3) is 5.28. The van der Waals surface area contributed by atoms with Crippen molar-refractivity contribution in [3.63, 3.8) is 0 Å². The van der Waals surface area contributed by atoms with Crippen LogP contribution in [0, 0.1) is 11.3 Å². The number of carbonyl (C=O) groups is 3. The molecular weight excluding hydrogens is 583 g/mol. The summed E-state index contributed by atoms with van der Waals surface area (Å²) in [5.74, 6) is -1.91. The van der Waals surface area contributed by atoms with Gasteiger partial charge in [0.25, 0.3) is 5.91 Å². The Labute approximate surface area is 228 Å². The molecule has 1 fully saturated rings. The van der Waals surface area contributed by atoms with Crippen LogP contribution in [-0.2, 0) is 17.5 Å². The maximum atomic E-state index is 13.5. The minimum Gasteiger partial charge on any atom is -0.477 e. The molecule has 39 heavy (non-hydrogen) atoms. The summed E-state index contributed by atoms with van der Waals surface area (Å²) in [6.45, 7) is 2.88. The van der Waals surface area contributed by atoms with Crippen LogP contribution in [0.3, 0.4) is 0 Å². The van der Waals surface area contributed by atoms with Crippen LogP contribution in [-0.4, -0.2) is 38.4 Å². The molecule has 1 aromatic heterocycles. The smallest absolute Gasteiger partial charge is 0.417 e. The summed E-state index contributed by atoms with van der Waals surface area (Å²) in [6.07, 6.45) is -3.54. The lowest BCUT2D eigenvalue weighted by Crippen LogP contribution is -2.43. The number of hydrogen-bond acceptors (Lipinski definition) is 6. The van der Waals surface area contributed by atoms with Gasteiger partial charge in [0.15, 0.2) is 0 Å². The number of imide groups is 1. The number of amides is 3. The standard InChI is InChI=1S/C26H19BrF3N5O4/c1-25(2)23(38)35(18-6-3-14(11-31)19(10-18)26(28,29)30)24(39)34(25)13-15-9-16(27)4-7-20(15)33-17-5-8-21(22(36)37)32-12-17/h3-10,12,33H,13H2,1-2H3,(H,36,37). The summed E-state index contributed by atoms with van der Waals surface area (Å²) in [4.78, 5) is 43.7. The van der Waals surface area contributed by atoms with E-state index in [0.29, 0.717) is 32.4 Å². The molecule has 0 saturated carbocycles. The number of nitriles is 1. The zero-order valence-electron chi connectivity index (χ0n) is 20.4. The number of carboxylic acids is 1. The van der Waals surface area contributed by atoms with Gasteiger partial charge in [0.2, 0.25) is 0 Å². The Morgan fingerprint density at radius 2 is 1.87 bits per heavy atom. The van der Waals surface area contributed by atoms with Gasteiger partial charge in [0.1, 0.15) is 11.2 Å². The van der Waals surface area contributed by atoms with Crippen molar-refractivity contribution in [2.45, 2.75) is 32.1 Å². The minimum atomic E-state index is -4.86. The summed E-state index contributed by atoms with van der Waals surface area (Å²) in [5.41, 5.74) is -2.20. The Balaban J connectivity index is 1.68. The number of nitrogens with one attached hydrogen (secondary N) is 1. The second-order valence-corrected chi connectivity index (χ2v) is 9.99. The molecule has 1 aliphatic rings. The van der Waals surface area contributed by atoms with E-state index in [9.17, 15) is 27.6 Å². The number of urea groups is 1. The highest BCUT2D eigenvalue weighted by Gasteiger charge is 2.52. The highest BCUT2D eigenvalue weighted by Crippen LogP contribution is 2.39. The average molecular weight is 602 g/mol. The number of anilines is 3. The molecule has 4 rings (SSSR count). The average Bonchev–Trinajstić information content (AvgIpc) is 3.04. The Morgan fingerprint density at radius 1 is 1.15 bits per heavy atom. The SMILES string of the molecule is CC1(C)C(=O)N(c2ccc(C#N)c(C(F)(F)F)c2)C(=O)N1Cc1cc(Br)ccc1Nc1ccc(C(=O)O)nc1. The summed E-state index contributed by atoms with van der Waals surface area (Å²) < 4.78 is 41.3. The molecule has 13 heteroatoms. The van der Waals surface area contributed by atoms with Crippen LogP contribution in [0.25, 0.3) is 0 Å². The molecule has 1 aliphatic heterocycles. The first-order valence-electron chi connectivity index (χ1n) is 11.3.